The van der Waals surface area contributed by atoms with Gasteiger partial charge in [-0.1, -0.05) is 34.4 Å². The van der Waals surface area contributed by atoms with Gasteiger partial charge in [0.2, 0.25) is 0 Å². The van der Waals surface area contributed by atoms with Crippen LogP contribution >= 0.6 is 23.2 Å². The van der Waals surface area contributed by atoms with Crippen LogP contribution in [-0.4, -0.2) is 28.8 Å². The molecule has 7 heteroatoms. The summed E-state index contributed by atoms with van der Waals surface area (Å²) in [5.41, 5.74) is 0.853. The van der Waals surface area contributed by atoms with Gasteiger partial charge in [-0.25, -0.2) is 0 Å². The summed E-state index contributed by atoms with van der Waals surface area (Å²) in [6.07, 6.45) is 0.541. The van der Waals surface area contributed by atoms with Crippen molar-refractivity contribution >= 4 is 23.2 Å². The van der Waals surface area contributed by atoms with Crippen molar-refractivity contribution < 1.29 is 9.26 Å². The smallest absolute Gasteiger partial charge is 0.252 e. The highest BCUT2D eigenvalue weighted by molar-refractivity contribution is 6.42. The van der Waals surface area contributed by atoms with E-state index in [1.807, 2.05) is 6.07 Å². The van der Waals surface area contributed by atoms with Gasteiger partial charge in [-0.15, -0.1) is 0 Å². The predicted molar refractivity (Wildman–Crippen MR) is 79.6 cm³/mol. The third-order valence-corrected chi connectivity index (χ3v) is 4.14. The molecule has 0 saturated carbocycles. The first-order valence-corrected chi connectivity index (χ1v) is 7.40. The molecule has 0 spiro atoms. The molecule has 112 valence electrons. The first kappa shape index (κ1) is 14.8. The topological polar surface area (TPSA) is 60.2 Å². The van der Waals surface area contributed by atoms with Gasteiger partial charge < -0.3 is 14.6 Å². The summed E-state index contributed by atoms with van der Waals surface area (Å²) < 4.78 is 10.9. The molecular formula is C14H15Cl2N3O2. The number of halogens is 2. The maximum atomic E-state index is 5.99. The predicted octanol–water partition coefficient (Wildman–Crippen LogP) is 2.85. The Kier molecular flexibility index (Phi) is 4.17. The molecule has 2 aromatic rings. The minimum absolute atomic E-state index is 0.127. The molecule has 21 heavy (non-hydrogen) atoms. The first-order valence-electron chi connectivity index (χ1n) is 6.64. The molecule has 1 fully saturated rings. The normalized spacial score (nSPS) is 16.7. The second kappa shape index (κ2) is 5.93. The second-order valence-electron chi connectivity index (χ2n) is 5.37. The van der Waals surface area contributed by atoms with Crippen LogP contribution in [0.5, 0.6) is 0 Å². The Hall–Kier alpha value is -1.14. The van der Waals surface area contributed by atoms with Crippen molar-refractivity contribution in [2.75, 3.05) is 13.1 Å². The van der Waals surface area contributed by atoms with E-state index in [-0.39, 0.29) is 5.60 Å². The van der Waals surface area contributed by atoms with Gasteiger partial charge in [-0.3, -0.25) is 0 Å². The fourth-order valence-corrected chi connectivity index (χ4v) is 2.39. The maximum absolute atomic E-state index is 5.99. The van der Waals surface area contributed by atoms with Crippen molar-refractivity contribution in [1.29, 1.82) is 0 Å². The molecule has 0 atom stereocenters. The lowest BCUT2D eigenvalue weighted by Gasteiger charge is -2.38. The summed E-state index contributed by atoms with van der Waals surface area (Å²) in [6.45, 7) is 4.07. The molecule has 1 N–H and O–H groups in total. The van der Waals surface area contributed by atoms with Crippen molar-refractivity contribution in [3.8, 4) is 0 Å². The Bertz CT molecular complexity index is 641. The standard InChI is InChI=1S/C14H15Cl2N3O2/c1-14(7-17-8-14)20-6-13-18-12(19-21-13)5-9-2-3-10(15)11(16)4-9/h2-4,17H,5-8H2,1H3. The SMILES string of the molecule is CC1(OCc2nc(Cc3ccc(Cl)c(Cl)c3)no2)CNC1. The van der Waals surface area contributed by atoms with E-state index in [1.54, 1.807) is 12.1 Å². The van der Waals surface area contributed by atoms with Gasteiger partial charge in [0, 0.05) is 19.5 Å². The van der Waals surface area contributed by atoms with Crippen molar-refractivity contribution in [2.45, 2.75) is 25.6 Å². The largest absolute Gasteiger partial charge is 0.363 e. The number of hydrogen-bond donors (Lipinski definition) is 1. The molecule has 0 aliphatic carbocycles. The quantitative estimate of drug-likeness (QED) is 0.914. The Morgan fingerprint density at radius 2 is 2.14 bits per heavy atom. The number of ether oxygens (including phenoxy) is 1. The fraction of sp³-hybridized carbons (Fsp3) is 0.429. The number of aromatic nitrogens is 2. The van der Waals surface area contributed by atoms with E-state index in [9.17, 15) is 0 Å². The van der Waals surface area contributed by atoms with Crippen LogP contribution in [0.3, 0.4) is 0 Å². The number of nitrogens with one attached hydrogen (secondary N) is 1. The summed E-state index contributed by atoms with van der Waals surface area (Å²) in [5.74, 6) is 1.09. The lowest BCUT2D eigenvalue weighted by atomic mass is 10.0. The van der Waals surface area contributed by atoms with Crippen LogP contribution in [0.1, 0.15) is 24.2 Å². The molecule has 3 rings (SSSR count). The zero-order chi connectivity index (χ0) is 14.9. The molecule has 5 nitrogen and oxygen atoms in total. The molecule has 1 aliphatic rings. The molecule has 0 amide bonds. The fourth-order valence-electron chi connectivity index (χ4n) is 2.07. The lowest BCUT2D eigenvalue weighted by Crippen LogP contribution is -2.58. The lowest BCUT2D eigenvalue weighted by molar-refractivity contribution is -0.0841. The summed E-state index contributed by atoms with van der Waals surface area (Å²) in [4.78, 5) is 4.32. The van der Waals surface area contributed by atoms with Crippen LogP contribution in [0, 0.1) is 0 Å². The van der Waals surface area contributed by atoms with E-state index in [1.165, 1.54) is 0 Å². The molecule has 1 aromatic carbocycles. The van der Waals surface area contributed by atoms with E-state index < -0.39 is 0 Å². The summed E-state index contributed by atoms with van der Waals surface area (Å²) in [7, 11) is 0. The Balaban J connectivity index is 1.60. The second-order valence-corrected chi connectivity index (χ2v) is 6.19. The van der Waals surface area contributed by atoms with Gasteiger partial charge in [0.05, 0.1) is 15.6 Å². The zero-order valence-electron chi connectivity index (χ0n) is 11.5. The number of benzene rings is 1. The van der Waals surface area contributed by atoms with Crippen molar-refractivity contribution in [3.05, 3.63) is 45.5 Å². The highest BCUT2D eigenvalue weighted by Crippen LogP contribution is 2.23. The van der Waals surface area contributed by atoms with E-state index in [0.717, 1.165) is 18.7 Å². The molecular weight excluding hydrogens is 313 g/mol. The molecule has 0 bridgehead atoms. The minimum atomic E-state index is -0.127. The van der Waals surface area contributed by atoms with E-state index >= 15 is 0 Å². The van der Waals surface area contributed by atoms with Crippen molar-refractivity contribution in [3.63, 3.8) is 0 Å². The average Bonchev–Trinajstić information content (AvgIpc) is 2.86. The third kappa shape index (κ3) is 3.55. The highest BCUT2D eigenvalue weighted by atomic mass is 35.5. The van der Waals surface area contributed by atoms with Gasteiger partial charge >= 0.3 is 0 Å². The molecule has 1 saturated heterocycles. The van der Waals surface area contributed by atoms with Gasteiger partial charge in [-0.2, -0.15) is 4.98 Å². The van der Waals surface area contributed by atoms with Crippen LogP contribution in [-0.2, 0) is 17.8 Å². The molecule has 1 aliphatic heterocycles. The van der Waals surface area contributed by atoms with Crippen molar-refractivity contribution in [1.82, 2.24) is 15.5 Å². The Labute approximate surface area is 132 Å². The molecule has 1 aromatic heterocycles. The van der Waals surface area contributed by atoms with Crippen LogP contribution in [0.2, 0.25) is 10.0 Å². The van der Waals surface area contributed by atoms with E-state index in [0.29, 0.717) is 34.8 Å². The summed E-state index contributed by atoms with van der Waals surface area (Å²) >= 11 is 11.9. The zero-order valence-corrected chi connectivity index (χ0v) is 13.0. The number of nitrogens with zero attached hydrogens (tertiary/aromatic N) is 2. The van der Waals surface area contributed by atoms with Crippen molar-refractivity contribution in [2.24, 2.45) is 0 Å². The van der Waals surface area contributed by atoms with E-state index in [4.69, 9.17) is 32.5 Å². The van der Waals surface area contributed by atoms with Crippen LogP contribution in [0.4, 0.5) is 0 Å². The van der Waals surface area contributed by atoms with Gasteiger partial charge in [-0.05, 0) is 24.6 Å². The molecule has 0 radical (unpaired) electrons. The Morgan fingerprint density at radius 3 is 2.81 bits per heavy atom. The first-order chi connectivity index (χ1) is 10.0. The van der Waals surface area contributed by atoms with Crippen LogP contribution in [0.25, 0.3) is 0 Å². The average molecular weight is 328 g/mol. The Morgan fingerprint density at radius 1 is 1.33 bits per heavy atom. The van der Waals surface area contributed by atoms with Crippen LogP contribution in [0.15, 0.2) is 22.7 Å². The van der Waals surface area contributed by atoms with Gasteiger partial charge in [0.25, 0.3) is 5.89 Å². The minimum Gasteiger partial charge on any atom is -0.363 e. The maximum Gasteiger partial charge on any atom is 0.252 e. The van der Waals surface area contributed by atoms with Crippen LogP contribution < -0.4 is 5.32 Å². The molecule has 0 unspecified atom stereocenters. The summed E-state index contributed by atoms with van der Waals surface area (Å²) in [5, 5.41) is 8.17. The highest BCUT2D eigenvalue weighted by Gasteiger charge is 2.32. The van der Waals surface area contributed by atoms with E-state index in [2.05, 4.69) is 22.4 Å². The van der Waals surface area contributed by atoms with Gasteiger partial charge in [0.15, 0.2) is 5.82 Å². The van der Waals surface area contributed by atoms with Gasteiger partial charge in [0.1, 0.15) is 6.61 Å². The molecule has 2 heterocycles. The summed E-state index contributed by atoms with van der Waals surface area (Å²) in [6, 6.07) is 5.45. The number of hydrogen-bond acceptors (Lipinski definition) is 5. The third-order valence-electron chi connectivity index (χ3n) is 3.40. The monoisotopic (exact) mass is 327 g/mol. The number of rotatable bonds is 5.